The van der Waals surface area contributed by atoms with Crippen molar-refractivity contribution in [3.8, 4) is 0 Å². The summed E-state index contributed by atoms with van der Waals surface area (Å²) in [4.78, 5) is 0.124. The van der Waals surface area contributed by atoms with E-state index in [1.54, 1.807) is 43.4 Å². The third-order valence-electron chi connectivity index (χ3n) is 7.85. The average Bonchev–Trinajstić information content (AvgIpc) is 3.32. The Bertz CT molecular complexity index is 1990. The summed E-state index contributed by atoms with van der Waals surface area (Å²) < 4.78 is 88.8. The number of fused-ring (bicyclic) bond motifs is 1. The molecule has 0 amide bonds. The van der Waals surface area contributed by atoms with Gasteiger partial charge in [0.05, 0.1) is 33.5 Å². The molecule has 1 aromatic heterocycles. The summed E-state index contributed by atoms with van der Waals surface area (Å²) in [6, 6.07) is 19.1. The molecule has 45 heavy (non-hydrogen) atoms. The Morgan fingerprint density at radius 1 is 0.511 bits per heavy atom. The Morgan fingerprint density at radius 2 is 0.844 bits per heavy atom. The van der Waals surface area contributed by atoms with Gasteiger partial charge in [0.25, 0.3) is 0 Å². The molecule has 0 radical (unpaired) electrons. The first-order valence-corrected chi connectivity index (χ1v) is 18.6. The maximum Gasteiger partial charge on any atom is 0.243 e. The minimum Gasteiger partial charge on any atom is -0.251 e. The van der Waals surface area contributed by atoms with Crippen molar-refractivity contribution in [3.63, 3.8) is 0 Å². The zero-order chi connectivity index (χ0) is 32.6. The lowest BCUT2D eigenvalue weighted by atomic mass is 10.2. The molecule has 12 nitrogen and oxygen atoms in total. The topological polar surface area (TPSA) is 143 Å². The lowest BCUT2D eigenvalue weighted by Gasteiger charge is -2.28. The van der Waals surface area contributed by atoms with Crippen LogP contribution in [0.15, 0.2) is 87.5 Å². The van der Waals surface area contributed by atoms with Gasteiger partial charge in [-0.3, -0.25) is 4.68 Å². The summed E-state index contributed by atoms with van der Waals surface area (Å²) in [6.45, 7) is 4.24. The summed E-state index contributed by atoms with van der Waals surface area (Å²) in [6.07, 6.45) is 0. The summed E-state index contributed by atoms with van der Waals surface area (Å²) in [5.41, 5.74) is 3.30. The molecular weight excluding hydrogens is 637 g/mol. The van der Waals surface area contributed by atoms with Crippen molar-refractivity contribution in [3.05, 3.63) is 101 Å². The third kappa shape index (κ3) is 6.88. The Labute approximate surface area is 265 Å². The zero-order valence-electron chi connectivity index (χ0n) is 25.5. The van der Waals surface area contributed by atoms with Crippen molar-refractivity contribution in [2.24, 2.45) is 7.05 Å². The molecule has 0 aliphatic carbocycles. The number of rotatable bonds is 6. The van der Waals surface area contributed by atoms with Crippen LogP contribution >= 0.6 is 0 Å². The van der Waals surface area contributed by atoms with E-state index in [4.69, 9.17) is 0 Å². The molecule has 5 rings (SSSR count). The van der Waals surface area contributed by atoms with Crippen LogP contribution in [0, 0.1) is 20.8 Å². The average molecular weight is 673 g/mol. The molecule has 15 heteroatoms. The molecule has 0 fully saturated rings. The standard InChI is InChI=1S/C30H36N6O6S3/c1-23-5-11-26(12-6-23)43(37,38)34-17-19-35(44(39,40)27-13-7-24(2)8-14-27)21-29-30(33(4)32-31-29)22-36(20-18-34)45(41,42)28-15-9-25(3)10-16-28/h5-16H,17-22H2,1-4H3. The third-order valence-corrected chi connectivity index (χ3v) is 13.5. The van der Waals surface area contributed by atoms with E-state index in [-0.39, 0.29) is 59.6 Å². The van der Waals surface area contributed by atoms with Gasteiger partial charge in [0.1, 0.15) is 5.69 Å². The van der Waals surface area contributed by atoms with E-state index in [2.05, 4.69) is 10.3 Å². The van der Waals surface area contributed by atoms with Gasteiger partial charge in [-0.05, 0) is 57.2 Å². The Kier molecular flexibility index (Phi) is 9.31. The minimum atomic E-state index is -4.14. The lowest BCUT2D eigenvalue weighted by molar-refractivity contribution is 0.316. The molecule has 0 bridgehead atoms. The number of aromatic nitrogens is 3. The van der Waals surface area contributed by atoms with E-state index in [0.717, 1.165) is 21.0 Å². The fourth-order valence-electron chi connectivity index (χ4n) is 5.01. The van der Waals surface area contributed by atoms with Crippen LogP contribution in [0.5, 0.6) is 0 Å². The number of benzene rings is 3. The van der Waals surface area contributed by atoms with E-state index in [1.807, 2.05) is 20.8 Å². The van der Waals surface area contributed by atoms with Crippen LogP contribution in [-0.4, -0.2) is 79.3 Å². The van der Waals surface area contributed by atoms with E-state index in [0.29, 0.717) is 5.69 Å². The fourth-order valence-corrected chi connectivity index (χ4v) is 9.22. The summed E-state index contributed by atoms with van der Waals surface area (Å²) in [5.74, 6) is 0. The molecule has 4 aromatic rings. The first-order chi connectivity index (χ1) is 21.2. The van der Waals surface area contributed by atoms with Crippen molar-refractivity contribution in [1.82, 2.24) is 27.9 Å². The van der Waals surface area contributed by atoms with Gasteiger partial charge in [0.15, 0.2) is 0 Å². The molecule has 1 aliphatic rings. The maximum absolute atomic E-state index is 14.0. The van der Waals surface area contributed by atoms with Crippen LogP contribution in [0.4, 0.5) is 0 Å². The van der Waals surface area contributed by atoms with Crippen molar-refractivity contribution >= 4 is 30.1 Å². The van der Waals surface area contributed by atoms with E-state index in [1.165, 1.54) is 49.7 Å². The van der Waals surface area contributed by atoms with Gasteiger partial charge < -0.3 is 0 Å². The van der Waals surface area contributed by atoms with Gasteiger partial charge in [0, 0.05) is 33.2 Å². The monoisotopic (exact) mass is 672 g/mol. The molecule has 240 valence electrons. The summed E-state index contributed by atoms with van der Waals surface area (Å²) >= 11 is 0. The first kappa shape index (κ1) is 32.9. The van der Waals surface area contributed by atoms with Crippen LogP contribution in [0.2, 0.25) is 0 Å². The van der Waals surface area contributed by atoms with Gasteiger partial charge >= 0.3 is 0 Å². The van der Waals surface area contributed by atoms with Gasteiger partial charge in [-0.15, -0.1) is 5.10 Å². The Morgan fingerprint density at radius 3 is 1.24 bits per heavy atom. The molecule has 0 saturated heterocycles. The van der Waals surface area contributed by atoms with Crippen molar-refractivity contribution in [1.29, 1.82) is 0 Å². The first-order valence-electron chi connectivity index (χ1n) is 14.3. The highest BCUT2D eigenvalue weighted by Crippen LogP contribution is 2.25. The highest BCUT2D eigenvalue weighted by molar-refractivity contribution is 7.89. The number of aryl methyl sites for hydroxylation is 4. The van der Waals surface area contributed by atoms with Crippen LogP contribution in [0.25, 0.3) is 0 Å². The van der Waals surface area contributed by atoms with Gasteiger partial charge in [-0.2, -0.15) is 12.9 Å². The number of hydrogen-bond acceptors (Lipinski definition) is 8. The second kappa shape index (κ2) is 12.7. The smallest absolute Gasteiger partial charge is 0.243 e. The molecule has 3 aromatic carbocycles. The fraction of sp³-hybridized carbons (Fsp3) is 0.333. The van der Waals surface area contributed by atoms with Crippen molar-refractivity contribution in [2.75, 3.05) is 26.2 Å². The minimum absolute atomic E-state index is 0.0259. The predicted molar refractivity (Wildman–Crippen MR) is 168 cm³/mol. The predicted octanol–water partition coefficient (Wildman–Crippen LogP) is 2.83. The van der Waals surface area contributed by atoms with Crippen molar-refractivity contribution in [2.45, 2.75) is 48.5 Å². The summed E-state index contributed by atoms with van der Waals surface area (Å²) in [5, 5.41) is 8.30. The van der Waals surface area contributed by atoms with Crippen LogP contribution in [0.3, 0.4) is 0 Å². The summed E-state index contributed by atoms with van der Waals surface area (Å²) in [7, 11) is -10.8. The SMILES string of the molecule is Cc1ccc(S(=O)(=O)N2CCN(S(=O)(=O)c3ccc(C)cc3)Cc3nnn(C)c3CN(S(=O)(=O)c3ccc(C)cc3)CC2)cc1. The number of nitrogens with zero attached hydrogens (tertiary/aromatic N) is 6. The lowest BCUT2D eigenvalue weighted by Crippen LogP contribution is -2.44. The van der Waals surface area contributed by atoms with E-state index in [9.17, 15) is 25.3 Å². The van der Waals surface area contributed by atoms with Crippen molar-refractivity contribution < 1.29 is 25.3 Å². The highest BCUT2D eigenvalue weighted by atomic mass is 32.2. The molecule has 0 atom stereocenters. The molecule has 1 aliphatic heterocycles. The van der Waals surface area contributed by atoms with Gasteiger partial charge in [-0.25, -0.2) is 25.3 Å². The number of sulfonamides is 3. The molecular formula is C30H36N6O6S3. The van der Waals surface area contributed by atoms with Crippen LogP contribution in [-0.2, 0) is 50.2 Å². The largest absolute Gasteiger partial charge is 0.251 e. The zero-order valence-corrected chi connectivity index (χ0v) is 28.0. The second-order valence-corrected chi connectivity index (χ2v) is 16.9. The quantitative estimate of drug-likeness (QED) is 0.304. The normalized spacial score (nSPS) is 16.6. The molecule has 0 saturated carbocycles. The maximum atomic E-state index is 14.0. The molecule has 0 spiro atoms. The number of hydrogen-bond donors (Lipinski definition) is 0. The molecule has 0 unspecified atom stereocenters. The van der Waals surface area contributed by atoms with Crippen LogP contribution < -0.4 is 0 Å². The molecule has 2 heterocycles. The van der Waals surface area contributed by atoms with Crippen LogP contribution in [0.1, 0.15) is 28.1 Å². The Balaban J connectivity index is 1.62. The van der Waals surface area contributed by atoms with E-state index < -0.39 is 30.1 Å². The second-order valence-electron chi connectivity index (χ2n) is 11.1. The molecule has 0 N–H and O–H groups in total. The highest BCUT2D eigenvalue weighted by Gasteiger charge is 2.35. The van der Waals surface area contributed by atoms with Gasteiger partial charge in [0.2, 0.25) is 30.1 Å². The van der Waals surface area contributed by atoms with Gasteiger partial charge in [-0.1, -0.05) is 58.3 Å². The van der Waals surface area contributed by atoms with E-state index >= 15 is 0 Å². The Hall–Kier alpha value is -3.47.